The maximum absolute atomic E-state index is 12.6. The van der Waals surface area contributed by atoms with E-state index in [1.165, 1.54) is 0 Å². The Morgan fingerprint density at radius 2 is 1.96 bits per heavy atom. The van der Waals surface area contributed by atoms with Crippen molar-refractivity contribution in [2.24, 2.45) is 11.8 Å². The van der Waals surface area contributed by atoms with Crippen molar-refractivity contribution in [1.82, 2.24) is 4.90 Å². The van der Waals surface area contributed by atoms with Crippen molar-refractivity contribution in [3.8, 4) is 0 Å². The van der Waals surface area contributed by atoms with E-state index in [4.69, 9.17) is 4.74 Å². The number of Topliss-reactive ketones (excluding diaryl/α,β-unsaturated/α-hetero) is 1. The molecule has 1 aliphatic carbocycles. The lowest BCUT2D eigenvalue weighted by atomic mass is 9.79. The topological polar surface area (TPSA) is 46.6 Å². The second-order valence-electron chi connectivity index (χ2n) is 8.21. The second-order valence-corrected chi connectivity index (χ2v) is 8.21. The molecule has 4 heteroatoms. The highest BCUT2D eigenvalue weighted by atomic mass is 16.6. The van der Waals surface area contributed by atoms with Crippen LogP contribution in [0, 0.1) is 11.8 Å². The average molecular weight is 323 g/mol. The zero-order chi connectivity index (χ0) is 17.0. The third kappa shape index (κ3) is 4.95. The van der Waals surface area contributed by atoms with Gasteiger partial charge in [0.2, 0.25) is 0 Å². The van der Waals surface area contributed by atoms with Crippen LogP contribution in [-0.4, -0.2) is 35.0 Å². The smallest absolute Gasteiger partial charge is 0.410 e. The molecule has 1 saturated heterocycles. The fraction of sp³-hybridized carbons (Fsp3) is 0.895. The Hall–Kier alpha value is -1.06. The molecule has 0 N–H and O–H groups in total. The van der Waals surface area contributed by atoms with Crippen molar-refractivity contribution in [2.75, 3.05) is 6.54 Å². The monoisotopic (exact) mass is 323 g/mol. The first-order valence-corrected chi connectivity index (χ1v) is 9.34. The van der Waals surface area contributed by atoms with Crippen LogP contribution in [-0.2, 0) is 9.53 Å². The van der Waals surface area contributed by atoms with Gasteiger partial charge in [-0.3, -0.25) is 4.79 Å². The van der Waals surface area contributed by atoms with Crippen LogP contribution in [0.3, 0.4) is 0 Å². The summed E-state index contributed by atoms with van der Waals surface area (Å²) in [6.45, 7) is 8.63. The Labute approximate surface area is 140 Å². The van der Waals surface area contributed by atoms with Crippen LogP contribution in [0.4, 0.5) is 4.79 Å². The van der Waals surface area contributed by atoms with Crippen LogP contribution in [0.2, 0.25) is 0 Å². The Bertz CT molecular complexity index is 427. The normalized spacial score (nSPS) is 30.0. The Morgan fingerprint density at radius 1 is 1.22 bits per heavy atom. The molecule has 3 unspecified atom stereocenters. The van der Waals surface area contributed by atoms with Crippen molar-refractivity contribution in [3.05, 3.63) is 0 Å². The molecule has 2 aliphatic rings. The second kappa shape index (κ2) is 7.67. The van der Waals surface area contributed by atoms with E-state index in [-0.39, 0.29) is 18.1 Å². The molecular weight excluding hydrogens is 290 g/mol. The van der Waals surface area contributed by atoms with Crippen LogP contribution in [0.1, 0.15) is 79.1 Å². The molecule has 1 aliphatic heterocycles. The lowest BCUT2D eigenvalue weighted by molar-refractivity contribution is -0.125. The maximum Gasteiger partial charge on any atom is 0.410 e. The minimum absolute atomic E-state index is 0.0133. The first-order valence-electron chi connectivity index (χ1n) is 9.34. The number of likely N-dealkylation sites (tertiary alicyclic amines) is 1. The summed E-state index contributed by atoms with van der Waals surface area (Å²) in [5, 5.41) is 0. The van der Waals surface area contributed by atoms with Gasteiger partial charge >= 0.3 is 6.09 Å². The van der Waals surface area contributed by atoms with E-state index < -0.39 is 5.60 Å². The molecular formula is C19H33NO3. The molecule has 0 spiro atoms. The number of ether oxygens (including phenoxy) is 1. The molecule has 1 heterocycles. The van der Waals surface area contributed by atoms with Gasteiger partial charge in [-0.1, -0.05) is 26.2 Å². The lowest BCUT2D eigenvalue weighted by Crippen LogP contribution is -2.52. The number of amides is 1. The van der Waals surface area contributed by atoms with Gasteiger partial charge in [-0.15, -0.1) is 0 Å². The number of carbonyl (C=O) groups is 2. The van der Waals surface area contributed by atoms with E-state index in [2.05, 4.69) is 6.92 Å². The minimum atomic E-state index is -0.489. The highest BCUT2D eigenvalue weighted by molar-refractivity contribution is 5.82. The van der Waals surface area contributed by atoms with Crippen molar-refractivity contribution in [1.29, 1.82) is 0 Å². The summed E-state index contributed by atoms with van der Waals surface area (Å²) in [5.41, 5.74) is -0.489. The third-order valence-electron chi connectivity index (χ3n) is 5.28. The number of rotatable bonds is 2. The fourth-order valence-electron chi connectivity index (χ4n) is 3.97. The van der Waals surface area contributed by atoms with Crippen molar-refractivity contribution in [2.45, 2.75) is 90.7 Å². The number of nitrogens with zero attached hydrogens (tertiary/aromatic N) is 1. The van der Waals surface area contributed by atoms with Gasteiger partial charge in [0.25, 0.3) is 0 Å². The number of piperidine rings is 1. The molecule has 23 heavy (non-hydrogen) atoms. The lowest BCUT2D eigenvalue weighted by Gasteiger charge is -2.43. The SMILES string of the molecule is CCC1CCN(C(=O)OC(C)(C)C)C(C2CCCCCC2=O)C1. The molecule has 0 aromatic rings. The van der Waals surface area contributed by atoms with Gasteiger partial charge in [0, 0.05) is 24.9 Å². The zero-order valence-corrected chi connectivity index (χ0v) is 15.3. The van der Waals surface area contributed by atoms with Gasteiger partial charge in [0.05, 0.1) is 0 Å². The first kappa shape index (κ1) is 18.3. The van der Waals surface area contributed by atoms with Gasteiger partial charge < -0.3 is 9.64 Å². The number of hydrogen-bond acceptors (Lipinski definition) is 3. The minimum Gasteiger partial charge on any atom is -0.444 e. The summed E-state index contributed by atoms with van der Waals surface area (Å²) in [4.78, 5) is 27.1. The molecule has 2 rings (SSSR count). The summed E-state index contributed by atoms with van der Waals surface area (Å²) < 4.78 is 5.61. The molecule has 1 amide bonds. The molecule has 4 nitrogen and oxygen atoms in total. The van der Waals surface area contributed by atoms with Gasteiger partial charge in [-0.2, -0.15) is 0 Å². The average Bonchev–Trinajstić information content (AvgIpc) is 2.69. The van der Waals surface area contributed by atoms with Crippen LogP contribution < -0.4 is 0 Å². The molecule has 0 aromatic heterocycles. The van der Waals surface area contributed by atoms with Crippen LogP contribution in [0.5, 0.6) is 0 Å². The van der Waals surface area contributed by atoms with E-state index in [1.807, 2.05) is 25.7 Å². The van der Waals surface area contributed by atoms with E-state index >= 15 is 0 Å². The summed E-state index contributed by atoms with van der Waals surface area (Å²) >= 11 is 0. The molecule has 132 valence electrons. The number of carbonyl (C=O) groups excluding carboxylic acids is 2. The van der Waals surface area contributed by atoms with Gasteiger partial charge in [0.1, 0.15) is 11.4 Å². The number of hydrogen-bond donors (Lipinski definition) is 0. The summed E-state index contributed by atoms with van der Waals surface area (Å²) in [5.74, 6) is 0.993. The highest BCUT2D eigenvalue weighted by Crippen LogP contribution is 2.35. The largest absolute Gasteiger partial charge is 0.444 e. The van der Waals surface area contributed by atoms with Crippen molar-refractivity contribution < 1.29 is 14.3 Å². The quantitative estimate of drug-likeness (QED) is 0.700. The number of ketones is 1. The first-order chi connectivity index (χ1) is 10.8. The molecule has 1 saturated carbocycles. The standard InChI is InChI=1S/C19H33NO3/c1-5-14-11-12-20(18(22)23-19(2,3)4)16(13-14)15-9-7-6-8-10-17(15)21/h14-16H,5-13H2,1-4H3. The summed E-state index contributed by atoms with van der Waals surface area (Å²) in [6, 6.07) is 0.0362. The Morgan fingerprint density at radius 3 is 2.61 bits per heavy atom. The van der Waals surface area contributed by atoms with Gasteiger partial charge in [-0.25, -0.2) is 4.79 Å². The van der Waals surface area contributed by atoms with Gasteiger partial charge in [0.15, 0.2) is 0 Å². The van der Waals surface area contributed by atoms with Crippen LogP contribution >= 0.6 is 0 Å². The van der Waals surface area contributed by atoms with Crippen LogP contribution in [0.25, 0.3) is 0 Å². The van der Waals surface area contributed by atoms with Crippen molar-refractivity contribution >= 4 is 11.9 Å². The van der Waals surface area contributed by atoms with Crippen molar-refractivity contribution in [3.63, 3.8) is 0 Å². The maximum atomic E-state index is 12.6. The molecule has 0 radical (unpaired) electrons. The molecule has 0 aromatic carbocycles. The molecule has 2 fully saturated rings. The Kier molecular flexibility index (Phi) is 6.10. The van der Waals surface area contributed by atoms with E-state index in [0.717, 1.165) is 51.5 Å². The van der Waals surface area contributed by atoms with E-state index in [9.17, 15) is 9.59 Å². The molecule has 3 atom stereocenters. The molecule has 0 bridgehead atoms. The highest BCUT2D eigenvalue weighted by Gasteiger charge is 2.40. The van der Waals surface area contributed by atoms with Crippen LogP contribution in [0.15, 0.2) is 0 Å². The fourth-order valence-corrected chi connectivity index (χ4v) is 3.97. The van der Waals surface area contributed by atoms with E-state index in [1.54, 1.807) is 0 Å². The summed E-state index contributed by atoms with van der Waals surface area (Å²) in [7, 11) is 0. The predicted octanol–water partition coefficient (Wildman–Crippen LogP) is 4.56. The van der Waals surface area contributed by atoms with Gasteiger partial charge in [-0.05, 0) is 52.4 Å². The predicted molar refractivity (Wildman–Crippen MR) is 91.3 cm³/mol. The summed E-state index contributed by atoms with van der Waals surface area (Å²) in [6.07, 6.45) is 7.71. The zero-order valence-electron chi connectivity index (χ0n) is 15.3. The van der Waals surface area contributed by atoms with E-state index in [0.29, 0.717) is 18.1 Å². The third-order valence-corrected chi connectivity index (χ3v) is 5.28. The Balaban J connectivity index is 2.17.